The van der Waals surface area contributed by atoms with Gasteiger partial charge in [0.15, 0.2) is 0 Å². The van der Waals surface area contributed by atoms with Crippen LogP contribution in [0.1, 0.15) is 30.0 Å². The molecule has 1 aromatic heterocycles. The van der Waals surface area contributed by atoms with Gasteiger partial charge >= 0.3 is 6.03 Å². The number of urea groups is 1. The van der Waals surface area contributed by atoms with E-state index in [2.05, 4.69) is 20.9 Å². The van der Waals surface area contributed by atoms with Crippen LogP contribution in [-0.4, -0.2) is 46.9 Å². The number of ether oxygens (including phenoxy) is 2. The average molecular weight is 507 g/mol. The molecule has 192 valence electrons. The van der Waals surface area contributed by atoms with Gasteiger partial charge in [0.05, 0.1) is 37.1 Å². The number of aliphatic hydroxyl groups is 1. The number of para-hydroxylation sites is 1. The van der Waals surface area contributed by atoms with E-state index in [-0.39, 0.29) is 30.5 Å². The monoisotopic (exact) mass is 506 g/mol. The zero-order chi connectivity index (χ0) is 25.8. The van der Waals surface area contributed by atoms with Crippen LogP contribution in [0.15, 0.2) is 66.9 Å². The molecule has 37 heavy (non-hydrogen) atoms. The van der Waals surface area contributed by atoms with Gasteiger partial charge in [0.2, 0.25) is 5.91 Å². The Kier molecular flexibility index (Phi) is 7.29. The number of pyridine rings is 1. The summed E-state index contributed by atoms with van der Waals surface area (Å²) in [6.45, 7) is 0.0646. The van der Waals surface area contributed by atoms with E-state index in [0.717, 1.165) is 11.3 Å². The minimum absolute atomic E-state index is 0.0731. The number of anilines is 2. The van der Waals surface area contributed by atoms with Crippen LogP contribution >= 0.6 is 0 Å². The van der Waals surface area contributed by atoms with Gasteiger partial charge in [-0.25, -0.2) is 9.18 Å². The zero-order valence-electron chi connectivity index (χ0n) is 19.9. The first-order valence-electron chi connectivity index (χ1n) is 12.1. The first-order chi connectivity index (χ1) is 18.0. The molecule has 4 N–H and O–H groups in total. The average Bonchev–Trinajstić information content (AvgIpc) is 3.27. The van der Waals surface area contributed by atoms with E-state index in [9.17, 15) is 19.1 Å². The predicted octanol–water partition coefficient (Wildman–Crippen LogP) is 3.57. The number of hydrogen-bond donors (Lipinski definition) is 4. The Morgan fingerprint density at radius 3 is 2.70 bits per heavy atom. The Labute approximate surface area is 213 Å². The highest BCUT2D eigenvalue weighted by Gasteiger charge is 2.46. The third-order valence-corrected chi connectivity index (χ3v) is 6.49. The third-order valence-electron chi connectivity index (χ3n) is 6.49. The molecule has 4 atom stereocenters. The van der Waals surface area contributed by atoms with Gasteiger partial charge in [0, 0.05) is 23.4 Å². The molecule has 0 unspecified atom stereocenters. The van der Waals surface area contributed by atoms with Crippen molar-refractivity contribution in [3.63, 3.8) is 0 Å². The van der Waals surface area contributed by atoms with E-state index in [1.165, 1.54) is 12.1 Å². The number of hydrogen-bond acceptors (Lipinski definition) is 6. The van der Waals surface area contributed by atoms with E-state index in [0.29, 0.717) is 24.4 Å². The van der Waals surface area contributed by atoms with Crippen molar-refractivity contribution in [2.24, 2.45) is 0 Å². The van der Waals surface area contributed by atoms with Crippen LogP contribution in [0.5, 0.6) is 5.75 Å². The summed E-state index contributed by atoms with van der Waals surface area (Å²) in [6.07, 6.45) is 0.886. The Hall–Kier alpha value is -4.02. The number of halogens is 1. The van der Waals surface area contributed by atoms with Gasteiger partial charge < -0.3 is 30.5 Å². The summed E-state index contributed by atoms with van der Waals surface area (Å²) in [5.74, 6) is -0.205. The van der Waals surface area contributed by atoms with E-state index in [1.807, 2.05) is 18.2 Å². The van der Waals surface area contributed by atoms with E-state index < -0.39 is 30.2 Å². The number of benzene rings is 2. The fourth-order valence-electron chi connectivity index (χ4n) is 4.78. The molecule has 0 saturated carbocycles. The maximum absolute atomic E-state index is 13.9. The lowest BCUT2D eigenvalue weighted by Crippen LogP contribution is -2.47. The Bertz CT molecular complexity index is 1270. The lowest BCUT2D eigenvalue weighted by molar-refractivity contribution is -0.142. The topological polar surface area (TPSA) is 122 Å². The Balaban J connectivity index is 1.24. The smallest absolute Gasteiger partial charge is 0.323 e. The molecule has 2 aromatic carbocycles. The number of aliphatic hydroxyl groups excluding tert-OH is 1. The number of carbonyl (C=O) groups is 2. The van der Waals surface area contributed by atoms with Crippen molar-refractivity contribution in [2.75, 3.05) is 17.2 Å². The van der Waals surface area contributed by atoms with Gasteiger partial charge in [-0.2, -0.15) is 0 Å². The molecule has 0 radical (unpaired) electrons. The zero-order valence-corrected chi connectivity index (χ0v) is 19.9. The van der Waals surface area contributed by atoms with Crippen molar-refractivity contribution >= 4 is 23.3 Å². The Morgan fingerprint density at radius 1 is 1.08 bits per heavy atom. The van der Waals surface area contributed by atoms with Gasteiger partial charge in [-0.05, 0) is 48.9 Å². The van der Waals surface area contributed by atoms with Gasteiger partial charge in [0.1, 0.15) is 23.8 Å². The molecule has 0 bridgehead atoms. The van der Waals surface area contributed by atoms with Crippen molar-refractivity contribution in [3.8, 4) is 5.75 Å². The fraction of sp³-hybridized carbons (Fsp3) is 0.296. The molecule has 0 spiro atoms. The number of nitrogens with zero attached hydrogens (tertiary/aromatic N) is 1. The SMILES string of the molecule is O=C(C[C@@H]1C[C@H]2c3cc(NC(=O)Nc4ccccc4F)ccc3O[C@H]2[C@H](CO)O1)NCc1ccccn1. The third kappa shape index (κ3) is 5.71. The number of rotatable bonds is 7. The van der Waals surface area contributed by atoms with Gasteiger partial charge in [-0.1, -0.05) is 18.2 Å². The Morgan fingerprint density at radius 2 is 1.92 bits per heavy atom. The van der Waals surface area contributed by atoms with Gasteiger partial charge in [-0.3, -0.25) is 9.78 Å². The molecule has 5 rings (SSSR count). The highest BCUT2D eigenvalue weighted by molar-refractivity contribution is 5.99. The molecular weight excluding hydrogens is 479 g/mol. The fourth-order valence-corrected chi connectivity index (χ4v) is 4.78. The molecule has 3 heterocycles. The lowest BCUT2D eigenvalue weighted by atomic mass is 9.84. The summed E-state index contributed by atoms with van der Waals surface area (Å²) >= 11 is 0. The number of amides is 3. The maximum Gasteiger partial charge on any atom is 0.323 e. The summed E-state index contributed by atoms with van der Waals surface area (Å²) < 4.78 is 25.9. The van der Waals surface area contributed by atoms with Gasteiger partial charge in [0.25, 0.3) is 0 Å². The molecular formula is C27H27FN4O5. The highest BCUT2D eigenvalue weighted by atomic mass is 19.1. The second kappa shape index (κ2) is 10.9. The second-order valence-electron chi connectivity index (χ2n) is 9.02. The minimum atomic E-state index is -0.597. The molecule has 1 saturated heterocycles. The second-order valence-corrected chi connectivity index (χ2v) is 9.02. The molecule has 1 fully saturated rings. The summed E-state index contributed by atoms with van der Waals surface area (Å²) in [5, 5.41) is 18.0. The van der Waals surface area contributed by atoms with Crippen LogP contribution in [-0.2, 0) is 16.1 Å². The first-order valence-corrected chi connectivity index (χ1v) is 12.1. The normalized spacial score (nSPS) is 21.8. The van der Waals surface area contributed by atoms with Crippen LogP contribution in [0, 0.1) is 5.82 Å². The quantitative estimate of drug-likeness (QED) is 0.389. The summed E-state index contributed by atoms with van der Waals surface area (Å²) in [7, 11) is 0. The van der Waals surface area contributed by atoms with Crippen LogP contribution in [0.4, 0.5) is 20.6 Å². The van der Waals surface area contributed by atoms with Crippen molar-refractivity contribution in [2.45, 2.75) is 43.6 Å². The molecule has 2 aliphatic rings. The summed E-state index contributed by atoms with van der Waals surface area (Å²) in [5.41, 5.74) is 2.19. The van der Waals surface area contributed by atoms with Crippen molar-refractivity contribution in [1.29, 1.82) is 0 Å². The standard InChI is InChI=1S/C27H27FN4O5/c28-21-6-1-2-7-22(21)32-27(35)31-16-8-9-23-19(11-16)20-12-18(36-24(15-33)26(20)37-23)13-25(34)30-14-17-5-3-4-10-29-17/h1-11,18,20,24,26,33H,12-15H2,(H,30,34)(H2,31,32,35)/t18-,20-,24-,26+/m0/s1. The van der Waals surface area contributed by atoms with Crippen LogP contribution < -0.4 is 20.7 Å². The number of fused-ring (bicyclic) bond motifs is 3. The molecule has 0 aliphatic carbocycles. The molecule has 10 heteroatoms. The lowest BCUT2D eigenvalue weighted by Gasteiger charge is -2.37. The summed E-state index contributed by atoms with van der Waals surface area (Å²) in [6, 6.07) is 16.1. The number of nitrogens with one attached hydrogen (secondary N) is 3. The van der Waals surface area contributed by atoms with Crippen LogP contribution in [0.3, 0.4) is 0 Å². The minimum Gasteiger partial charge on any atom is -0.487 e. The van der Waals surface area contributed by atoms with E-state index in [1.54, 1.807) is 36.5 Å². The molecule has 9 nitrogen and oxygen atoms in total. The first kappa shape index (κ1) is 24.7. The largest absolute Gasteiger partial charge is 0.487 e. The predicted molar refractivity (Wildman–Crippen MR) is 134 cm³/mol. The molecule has 3 aromatic rings. The number of aromatic nitrogens is 1. The van der Waals surface area contributed by atoms with Crippen LogP contribution in [0.2, 0.25) is 0 Å². The van der Waals surface area contributed by atoms with Gasteiger partial charge in [-0.15, -0.1) is 0 Å². The van der Waals surface area contributed by atoms with Crippen LogP contribution in [0.25, 0.3) is 0 Å². The maximum atomic E-state index is 13.9. The van der Waals surface area contributed by atoms with E-state index >= 15 is 0 Å². The van der Waals surface area contributed by atoms with Crippen molar-refractivity contribution in [1.82, 2.24) is 10.3 Å². The number of carbonyl (C=O) groups excluding carboxylic acids is 2. The molecule has 3 amide bonds. The van der Waals surface area contributed by atoms with E-state index in [4.69, 9.17) is 9.47 Å². The molecule has 2 aliphatic heterocycles. The van der Waals surface area contributed by atoms with Crippen molar-refractivity contribution < 1.29 is 28.6 Å². The highest BCUT2D eigenvalue weighted by Crippen LogP contribution is 2.47. The van der Waals surface area contributed by atoms with Crippen molar-refractivity contribution in [3.05, 3.63) is 83.9 Å². The summed E-state index contributed by atoms with van der Waals surface area (Å²) in [4.78, 5) is 29.2.